The lowest BCUT2D eigenvalue weighted by atomic mass is 9.86. The van der Waals surface area contributed by atoms with Crippen LogP contribution in [0, 0.1) is 0 Å². The van der Waals surface area contributed by atoms with Gasteiger partial charge in [-0.2, -0.15) is 52.7 Å². The van der Waals surface area contributed by atoms with Crippen LogP contribution in [0.2, 0.25) is 0 Å². The van der Waals surface area contributed by atoms with Gasteiger partial charge in [-0.05, 0) is 29.3 Å². The van der Waals surface area contributed by atoms with E-state index in [4.69, 9.17) is 10.2 Å². The molecule has 0 aliphatic heterocycles. The summed E-state index contributed by atoms with van der Waals surface area (Å²) in [5.74, 6) is -0.693. The Labute approximate surface area is 158 Å². The van der Waals surface area contributed by atoms with Crippen LogP contribution in [0.25, 0.3) is 5.57 Å². The molecule has 0 spiro atoms. The topological polar surface area (TPSA) is 60.7 Å². The summed E-state index contributed by atoms with van der Waals surface area (Å²) in [6.45, 7) is 0. The van der Waals surface area contributed by atoms with Gasteiger partial charge in [-0.25, -0.2) is 0 Å². The van der Waals surface area contributed by atoms with Crippen molar-refractivity contribution in [1.29, 1.82) is 0 Å². The minimum Gasteiger partial charge on any atom is -0.508 e. The van der Waals surface area contributed by atoms with Crippen LogP contribution in [0.15, 0.2) is 30.3 Å². The smallest absolute Gasteiger partial charge is 0.430 e. The maximum Gasteiger partial charge on any atom is 0.430 e. The summed E-state index contributed by atoms with van der Waals surface area (Å²) in [5.41, 5.74) is -14.7. The highest BCUT2D eigenvalue weighted by Gasteiger charge is 2.72. The molecule has 0 amide bonds. The zero-order valence-corrected chi connectivity index (χ0v) is 14.0. The Morgan fingerprint density at radius 2 is 1.03 bits per heavy atom. The molecule has 15 heteroatoms. The van der Waals surface area contributed by atoms with E-state index in [1.807, 2.05) is 0 Å². The lowest BCUT2D eigenvalue weighted by Gasteiger charge is -2.35. The fourth-order valence-electron chi connectivity index (χ4n) is 2.13. The quantitative estimate of drug-likeness (QED) is 0.555. The van der Waals surface area contributed by atoms with E-state index in [2.05, 4.69) is 0 Å². The fourth-order valence-corrected chi connectivity index (χ4v) is 2.13. The first-order valence-corrected chi connectivity index (χ1v) is 7.29. The summed E-state index contributed by atoms with van der Waals surface area (Å²) in [4.78, 5) is 0. The zero-order valence-electron chi connectivity index (χ0n) is 14.0. The minimum absolute atomic E-state index is 0.390. The highest BCUT2D eigenvalue weighted by atomic mass is 19.4. The second kappa shape index (κ2) is 7.51. The van der Waals surface area contributed by atoms with E-state index in [1.54, 1.807) is 0 Å². The average Bonchev–Trinajstić information content (AvgIpc) is 2.50. The van der Waals surface area contributed by atoms with Gasteiger partial charge in [0.2, 0.25) is 0 Å². The number of hydrogen-bond acceptors (Lipinski definition) is 3. The molecular weight excluding hydrogens is 456 g/mol. The third-order valence-electron chi connectivity index (χ3n) is 3.87. The molecule has 0 radical (unpaired) electrons. The van der Waals surface area contributed by atoms with Gasteiger partial charge in [0.1, 0.15) is 5.75 Å². The van der Waals surface area contributed by atoms with Crippen LogP contribution < -0.4 is 0 Å². The molecule has 3 nitrogen and oxygen atoms in total. The van der Waals surface area contributed by atoms with Crippen molar-refractivity contribution in [2.45, 2.75) is 42.3 Å². The molecule has 0 aliphatic carbocycles. The predicted octanol–water partition coefficient (Wildman–Crippen LogP) is 4.88. The molecule has 0 aromatic heterocycles. The van der Waals surface area contributed by atoms with E-state index in [1.165, 1.54) is 0 Å². The summed E-state index contributed by atoms with van der Waals surface area (Å²) in [6.07, 6.45) is -30.5. The Kier molecular flexibility index (Phi) is 6.48. The van der Waals surface area contributed by atoms with Crippen molar-refractivity contribution in [1.82, 2.24) is 0 Å². The maximum atomic E-state index is 12.9. The average molecular weight is 466 g/mol. The van der Waals surface area contributed by atoms with Gasteiger partial charge in [-0.3, -0.25) is 0 Å². The fraction of sp³-hybridized carbons (Fsp3) is 0.467. The van der Waals surface area contributed by atoms with Gasteiger partial charge in [-0.15, -0.1) is 0 Å². The van der Waals surface area contributed by atoms with Crippen molar-refractivity contribution in [2.24, 2.45) is 0 Å². The van der Waals surface area contributed by atoms with E-state index < -0.39 is 65.3 Å². The molecular formula is C15H10F12O3. The Morgan fingerprint density at radius 3 is 1.33 bits per heavy atom. The summed E-state index contributed by atoms with van der Waals surface area (Å²) >= 11 is 0. The third-order valence-corrected chi connectivity index (χ3v) is 3.87. The Morgan fingerprint density at radius 1 is 0.667 bits per heavy atom. The SMILES string of the molecule is Oc1ccc(C(=CC(O)(C(F)(F)F)C(F)(F)F)CC(O)(C(F)(F)F)C(F)(F)F)cc1. The van der Waals surface area contributed by atoms with Gasteiger partial charge in [-0.1, -0.05) is 12.1 Å². The van der Waals surface area contributed by atoms with Gasteiger partial charge >= 0.3 is 24.7 Å². The summed E-state index contributed by atoms with van der Waals surface area (Å²) in [5, 5.41) is 27.4. The molecule has 0 fully saturated rings. The number of phenolic OH excluding ortho intramolecular Hbond substituents is 1. The van der Waals surface area contributed by atoms with Crippen molar-refractivity contribution >= 4 is 5.57 Å². The van der Waals surface area contributed by atoms with Crippen LogP contribution >= 0.6 is 0 Å². The summed E-state index contributed by atoms with van der Waals surface area (Å²) in [7, 11) is 0. The van der Waals surface area contributed by atoms with Gasteiger partial charge < -0.3 is 15.3 Å². The van der Waals surface area contributed by atoms with E-state index in [0.29, 0.717) is 24.3 Å². The first-order valence-electron chi connectivity index (χ1n) is 7.29. The Balaban J connectivity index is 3.86. The van der Waals surface area contributed by atoms with Crippen molar-refractivity contribution in [2.75, 3.05) is 0 Å². The summed E-state index contributed by atoms with van der Waals surface area (Å²) < 4.78 is 155. The largest absolute Gasteiger partial charge is 0.508 e. The van der Waals surface area contributed by atoms with E-state index in [0.717, 1.165) is 0 Å². The number of halogens is 12. The highest BCUT2D eigenvalue weighted by Crippen LogP contribution is 2.50. The van der Waals surface area contributed by atoms with E-state index >= 15 is 0 Å². The first kappa shape index (κ1) is 25.9. The van der Waals surface area contributed by atoms with Crippen LogP contribution in [-0.4, -0.2) is 51.2 Å². The molecule has 1 rings (SSSR count). The molecule has 30 heavy (non-hydrogen) atoms. The van der Waals surface area contributed by atoms with Crippen LogP contribution in [0.5, 0.6) is 5.75 Å². The van der Waals surface area contributed by atoms with Crippen molar-refractivity contribution in [3.63, 3.8) is 0 Å². The van der Waals surface area contributed by atoms with E-state index in [9.17, 15) is 57.8 Å². The molecule has 0 saturated heterocycles. The molecule has 1 aromatic carbocycles. The number of aromatic hydroxyl groups is 1. The minimum atomic E-state index is -6.61. The van der Waals surface area contributed by atoms with Crippen molar-refractivity contribution in [3.05, 3.63) is 35.9 Å². The Bertz CT molecular complexity index is 741. The van der Waals surface area contributed by atoms with Gasteiger partial charge in [0.25, 0.3) is 11.2 Å². The van der Waals surface area contributed by atoms with Gasteiger partial charge in [0.05, 0.1) is 0 Å². The second-order valence-electron chi connectivity index (χ2n) is 6.01. The van der Waals surface area contributed by atoms with Crippen LogP contribution in [0.3, 0.4) is 0 Å². The van der Waals surface area contributed by atoms with Crippen molar-refractivity contribution in [3.8, 4) is 5.75 Å². The lowest BCUT2D eigenvalue weighted by Crippen LogP contribution is -2.58. The van der Waals surface area contributed by atoms with Crippen molar-refractivity contribution < 1.29 is 68.0 Å². The lowest BCUT2D eigenvalue weighted by molar-refractivity contribution is -0.366. The van der Waals surface area contributed by atoms with Crippen LogP contribution in [-0.2, 0) is 0 Å². The number of hydrogen-bond donors (Lipinski definition) is 3. The van der Waals surface area contributed by atoms with Crippen LogP contribution in [0.4, 0.5) is 52.7 Å². The molecule has 0 heterocycles. The molecule has 0 aliphatic rings. The van der Waals surface area contributed by atoms with Crippen LogP contribution in [0.1, 0.15) is 12.0 Å². The monoisotopic (exact) mass is 466 g/mol. The Hall–Kier alpha value is -2.16. The number of phenols is 1. The third kappa shape index (κ3) is 4.77. The van der Waals surface area contributed by atoms with Gasteiger partial charge in [0, 0.05) is 6.42 Å². The molecule has 1 aromatic rings. The number of benzene rings is 1. The standard InChI is InChI=1S/C15H10F12O3/c16-12(17,18)10(29,13(19,20)21)5-8(7-1-3-9(28)4-2-7)6-11(30,14(22,23)24)15(25,26)27/h1-5,28-30H,6H2. The predicted molar refractivity (Wildman–Crippen MR) is 74.8 cm³/mol. The zero-order chi connectivity index (χ0) is 24.0. The normalized spacial score (nSPS) is 15.5. The van der Waals surface area contributed by atoms with E-state index in [-0.39, 0.29) is 0 Å². The molecule has 0 bridgehead atoms. The highest BCUT2D eigenvalue weighted by molar-refractivity contribution is 5.68. The summed E-state index contributed by atoms with van der Waals surface area (Å²) in [6, 6.07) is 1.84. The maximum absolute atomic E-state index is 12.9. The molecule has 3 N–H and O–H groups in total. The number of rotatable bonds is 4. The van der Waals surface area contributed by atoms with Gasteiger partial charge in [0.15, 0.2) is 0 Å². The molecule has 0 saturated carbocycles. The number of aliphatic hydroxyl groups is 2. The molecule has 0 unspecified atom stereocenters. The first-order chi connectivity index (χ1) is 13.1. The second-order valence-corrected chi connectivity index (χ2v) is 6.01. The number of alkyl halides is 12. The molecule has 0 atom stereocenters. The molecule has 172 valence electrons.